The summed E-state index contributed by atoms with van der Waals surface area (Å²) in [5, 5.41) is 9.75. The number of rotatable bonds is 6. The number of pyridine rings is 1. The molecule has 8 heteroatoms. The van der Waals surface area contributed by atoms with Gasteiger partial charge in [-0.2, -0.15) is 0 Å². The van der Waals surface area contributed by atoms with Gasteiger partial charge in [0.25, 0.3) is 0 Å². The van der Waals surface area contributed by atoms with Crippen molar-refractivity contribution in [3.05, 3.63) is 56.5 Å². The Hall–Kier alpha value is -2.84. The number of carbonyl (C=O) groups excluding carboxylic acids is 2. The smallest absolute Gasteiger partial charge is 0.160 e. The lowest BCUT2D eigenvalue weighted by atomic mass is 10.0. The monoisotopic (exact) mass is 453 g/mol. The molecule has 1 fully saturated rings. The highest BCUT2D eigenvalue weighted by atomic mass is 32.1. The number of nitrogens with two attached hydrogens (primary N) is 2. The van der Waals surface area contributed by atoms with Crippen LogP contribution in [-0.2, 0) is 24.3 Å². The van der Waals surface area contributed by atoms with Gasteiger partial charge in [-0.3, -0.25) is 14.5 Å². The lowest BCUT2D eigenvalue weighted by molar-refractivity contribution is -0.115. The molecule has 4 rings (SSSR count). The number of Topliss-reactive ketones (excluding diaryl/α,β-unsaturated/α-hetero) is 1. The standard InChI is InChI=1S/C17H20N4OS.C7H11NO/c1-10(18)14-5-12(6-20-17(14)19)7-21-4-3-13-15(11(2)22)9-23-16(13)8-21;1-5(8)4-7(9)6-2-3-6/h5-6,9,18H,3-4,7-8H2,1-2H3,(H2,19,20);4,6H,2-3,8H2,1H3/b;5-4-. The van der Waals surface area contributed by atoms with Crippen LogP contribution in [0.2, 0.25) is 0 Å². The fraction of sp³-hybridized carbons (Fsp3) is 0.417. The normalized spacial score (nSPS) is 16.0. The summed E-state index contributed by atoms with van der Waals surface area (Å²) in [6.07, 6.45) is 6.34. The summed E-state index contributed by atoms with van der Waals surface area (Å²) >= 11 is 1.67. The molecule has 170 valence electrons. The molecule has 0 aromatic carbocycles. The van der Waals surface area contributed by atoms with E-state index in [1.807, 2.05) is 11.4 Å². The van der Waals surface area contributed by atoms with Gasteiger partial charge in [-0.05, 0) is 63.3 Å². The first-order chi connectivity index (χ1) is 15.2. The minimum atomic E-state index is 0.157. The Morgan fingerprint density at radius 3 is 2.59 bits per heavy atom. The van der Waals surface area contributed by atoms with Crippen LogP contribution in [0.25, 0.3) is 0 Å². The molecule has 5 N–H and O–H groups in total. The van der Waals surface area contributed by atoms with Gasteiger partial charge in [0.1, 0.15) is 5.82 Å². The number of nitrogens with one attached hydrogen (secondary N) is 1. The number of carbonyl (C=O) groups is 2. The highest BCUT2D eigenvalue weighted by Gasteiger charge is 2.27. The predicted molar refractivity (Wildman–Crippen MR) is 129 cm³/mol. The lowest BCUT2D eigenvalue weighted by Gasteiger charge is -2.27. The number of fused-ring (bicyclic) bond motifs is 1. The number of nitrogen functional groups attached to an aromatic ring is 1. The van der Waals surface area contributed by atoms with Crippen LogP contribution < -0.4 is 11.5 Å². The molecule has 0 unspecified atom stereocenters. The maximum atomic E-state index is 11.6. The van der Waals surface area contributed by atoms with Crippen molar-refractivity contribution in [3.8, 4) is 0 Å². The molecule has 1 aliphatic carbocycles. The van der Waals surface area contributed by atoms with Crippen molar-refractivity contribution >= 4 is 34.4 Å². The first kappa shape index (κ1) is 23.8. The Kier molecular flexibility index (Phi) is 7.58. The Labute approximate surface area is 193 Å². The van der Waals surface area contributed by atoms with E-state index in [0.717, 1.165) is 50.0 Å². The van der Waals surface area contributed by atoms with E-state index in [2.05, 4.69) is 9.88 Å². The third kappa shape index (κ3) is 6.11. The number of ketones is 2. The van der Waals surface area contributed by atoms with Crippen molar-refractivity contribution in [1.29, 1.82) is 5.41 Å². The Morgan fingerprint density at radius 1 is 1.28 bits per heavy atom. The third-order valence-corrected chi connectivity index (χ3v) is 6.55. The van der Waals surface area contributed by atoms with Gasteiger partial charge in [0.05, 0.1) is 0 Å². The average molecular weight is 454 g/mol. The maximum absolute atomic E-state index is 11.6. The van der Waals surface area contributed by atoms with Crippen LogP contribution >= 0.6 is 11.3 Å². The topological polar surface area (TPSA) is 126 Å². The van der Waals surface area contributed by atoms with E-state index < -0.39 is 0 Å². The van der Waals surface area contributed by atoms with E-state index in [1.54, 1.807) is 38.3 Å². The molecule has 1 aliphatic heterocycles. The van der Waals surface area contributed by atoms with Crippen LogP contribution in [-0.4, -0.2) is 33.7 Å². The fourth-order valence-corrected chi connectivity index (χ4v) is 4.87. The van der Waals surface area contributed by atoms with E-state index in [-0.39, 0.29) is 11.6 Å². The highest BCUT2D eigenvalue weighted by molar-refractivity contribution is 7.10. The zero-order valence-corrected chi connectivity index (χ0v) is 19.7. The van der Waals surface area contributed by atoms with Gasteiger partial charge >= 0.3 is 0 Å². The summed E-state index contributed by atoms with van der Waals surface area (Å²) in [5.41, 5.74) is 16.1. The molecule has 0 spiro atoms. The Morgan fingerprint density at radius 2 is 2.00 bits per heavy atom. The zero-order valence-electron chi connectivity index (χ0n) is 18.9. The molecule has 2 aromatic heterocycles. The van der Waals surface area contributed by atoms with Crippen LogP contribution in [0.15, 0.2) is 29.4 Å². The van der Waals surface area contributed by atoms with Crippen molar-refractivity contribution in [2.24, 2.45) is 11.7 Å². The van der Waals surface area contributed by atoms with Gasteiger partial charge in [0, 0.05) is 64.5 Å². The highest BCUT2D eigenvalue weighted by Crippen LogP contribution is 2.30. The number of anilines is 1. The van der Waals surface area contributed by atoms with Crippen LogP contribution in [0.1, 0.15) is 65.5 Å². The molecule has 1 saturated carbocycles. The van der Waals surface area contributed by atoms with Crippen LogP contribution in [0.3, 0.4) is 0 Å². The molecule has 7 nitrogen and oxygen atoms in total. The van der Waals surface area contributed by atoms with E-state index in [0.29, 0.717) is 28.7 Å². The number of thiophene rings is 1. The van der Waals surface area contributed by atoms with Crippen LogP contribution in [0.4, 0.5) is 5.82 Å². The minimum Gasteiger partial charge on any atom is -0.402 e. The lowest BCUT2D eigenvalue weighted by Crippen LogP contribution is -2.29. The molecule has 3 heterocycles. The Bertz CT molecular complexity index is 1060. The van der Waals surface area contributed by atoms with E-state index >= 15 is 0 Å². The van der Waals surface area contributed by atoms with Gasteiger partial charge < -0.3 is 16.9 Å². The molecule has 2 aromatic rings. The van der Waals surface area contributed by atoms with E-state index in [9.17, 15) is 9.59 Å². The SMILES string of the molecule is C/C(N)=C/C(=O)C1CC1.CC(=N)c1cc(CN2CCc3c(C(C)=O)csc3C2)cnc1N. The van der Waals surface area contributed by atoms with Gasteiger partial charge in [0.15, 0.2) is 11.6 Å². The number of nitrogens with zero attached hydrogens (tertiary/aromatic N) is 2. The fourth-order valence-electron chi connectivity index (χ4n) is 3.69. The second-order valence-corrected chi connectivity index (χ2v) is 9.50. The number of hydrogen-bond acceptors (Lipinski definition) is 8. The predicted octanol–water partition coefficient (Wildman–Crippen LogP) is 3.70. The summed E-state index contributed by atoms with van der Waals surface area (Å²) in [4.78, 5) is 30.3. The zero-order chi connectivity index (χ0) is 23.4. The first-order valence-corrected chi connectivity index (χ1v) is 11.6. The average Bonchev–Trinajstić information content (AvgIpc) is 3.49. The molecular formula is C24H31N5O2S. The van der Waals surface area contributed by atoms with Crippen molar-refractivity contribution in [1.82, 2.24) is 9.88 Å². The molecule has 0 atom stereocenters. The quantitative estimate of drug-likeness (QED) is 0.348. The van der Waals surface area contributed by atoms with Crippen LogP contribution in [0, 0.1) is 11.3 Å². The number of hydrogen-bond donors (Lipinski definition) is 3. The minimum absolute atomic E-state index is 0.157. The molecule has 2 aliphatic rings. The molecular weight excluding hydrogens is 422 g/mol. The second-order valence-electron chi connectivity index (χ2n) is 8.53. The summed E-state index contributed by atoms with van der Waals surface area (Å²) in [6.45, 7) is 7.65. The second kappa shape index (κ2) is 10.2. The van der Waals surface area contributed by atoms with Gasteiger partial charge in [-0.1, -0.05) is 0 Å². The molecule has 32 heavy (non-hydrogen) atoms. The largest absolute Gasteiger partial charge is 0.402 e. The molecule has 0 amide bonds. The summed E-state index contributed by atoms with van der Waals surface area (Å²) in [7, 11) is 0. The molecule has 0 radical (unpaired) electrons. The number of aromatic nitrogens is 1. The maximum Gasteiger partial charge on any atom is 0.160 e. The van der Waals surface area contributed by atoms with Gasteiger partial charge in [-0.15, -0.1) is 11.3 Å². The summed E-state index contributed by atoms with van der Waals surface area (Å²) in [5.74, 6) is 1.08. The van der Waals surface area contributed by atoms with Gasteiger partial charge in [0.2, 0.25) is 0 Å². The third-order valence-electron chi connectivity index (χ3n) is 5.54. The molecule has 0 bridgehead atoms. The van der Waals surface area contributed by atoms with Crippen molar-refractivity contribution in [2.75, 3.05) is 12.3 Å². The molecule has 0 saturated heterocycles. The van der Waals surface area contributed by atoms with Gasteiger partial charge in [-0.25, -0.2) is 4.98 Å². The number of allylic oxidation sites excluding steroid dienone is 2. The van der Waals surface area contributed by atoms with E-state index in [1.165, 1.54) is 16.5 Å². The first-order valence-electron chi connectivity index (χ1n) is 10.8. The summed E-state index contributed by atoms with van der Waals surface area (Å²) in [6, 6.07) is 1.95. The van der Waals surface area contributed by atoms with Crippen molar-refractivity contribution in [2.45, 2.75) is 53.1 Å². The van der Waals surface area contributed by atoms with Crippen molar-refractivity contribution in [3.63, 3.8) is 0 Å². The van der Waals surface area contributed by atoms with Crippen LogP contribution in [0.5, 0.6) is 0 Å². The van der Waals surface area contributed by atoms with E-state index in [4.69, 9.17) is 16.9 Å². The van der Waals surface area contributed by atoms with Crippen molar-refractivity contribution < 1.29 is 9.59 Å². The summed E-state index contributed by atoms with van der Waals surface area (Å²) < 4.78 is 0. The Balaban J connectivity index is 0.000000269.